The highest BCUT2D eigenvalue weighted by Gasteiger charge is 2.45. The summed E-state index contributed by atoms with van der Waals surface area (Å²) in [5.74, 6) is 0.319. The molecule has 3 nitrogen and oxygen atoms in total. The van der Waals surface area contributed by atoms with E-state index in [0.717, 1.165) is 12.8 Å². The molecule has 0 heterocycles. The summed E-state index contributed by atoms with van der Waals surface area (Å²) < 4.78 is 5.27. The Balaban J connectivity index is 2.43. The first-order valence-corrected chi connectivity index (χ1v) is 3.91. The lowest BCUT2D eigenvalue weighted by Gasteiger charge is -2.41. The second-order valence-electron chi connectivity index (χ2n) is 3.01. The summed E-state index contributed by atoms with van der Waals surface area (Å²) in [6, 6.07) is 2.17. The topological polar surface area (TPSA) is 53.2 Å². The van der Waals surface area contributed by atoms with Gasteiger partial charge in [0, 0.05) is 0 Å². The molecule has 0 spiro atoms. The van der Waals surface area contributed by atoms with Gasteiger partial charge in [0.05, 0.1) is 19.3 Å². The number of hydrogen-bond acceptors (Lipinski definition) is 3. The first kappa shape index (κ1) is 8.51. The van der Waals surface area contributed by atoms with Gasteiger partial charge >= 0.3 is 0 Å². The van der Waals surface area contributed by atoms with Crippen molar-refractivity contribution in [2.45, 2.75) is 25.4 Å². The van der Waals surface area contributed by atoms with Gasteiger partial charge in [-0.2, -0.15) is 5.26 Å². The third-order valence-electron chi connectivity index (χ3n) is 2.38. The zero-order valence-corrected chi connectivity index (χ0v) is 6.71. The normalized spacial score (nSPS) is 35.9. The standard InChI is InChI=1S/C8H13NO2/c1-7-2-3-8(7,6-9)11-5-4-10/h7,10H,2-5H2,1H3. The van der Waals surface area contributed by atoms with Gasteiger partial charge in [-0.15, -0.1) is 0 Å². The minimum Gasteiger partial charge on any atom is -0.394 e. The number of aliphatic hydroxyl groups is 1. The fraction of sp³-hybridized carbons (Fsp3) is 0.875. The fourth-order valence-corrected chi connectivity index (χ4v) is 1.34. The van der Waals surface area contributed by atoms with Crippen molar-refractivity contribution in [1.29, 1.82) is 5.26 Å². The Bertz CT molecular complexity index is 175. The maximum atomic E-state index is 8.78. The number of nitriles is 1. The third-order valence-corrected chi connectivity index (χ3v) is 2.38. The van der Waals surface area contributed by atoms with Crippen molar-refractivity contribution in [3.05, 3.63) is 0 Å². The van der Waals surface area contributed by atoms with Gasteiger partial charge in [0.2, 0.25) is 0 Å². The van der Waals surface area contributed by atoms with E-state index < -0.39 is 5.60 Å². The van der Waals surface area contributed by atoms with Crippen LogP contribution >= 0.6 is 0 Å². The number of aliphatic hydroxyl groups excluding tert-OH is 1. The molecule has 0 saturated heterocycles. The summed E-state index contributed by atoms with van der Waals surface area (Å²) in [4.78, 5) is 0. The van der Waals surface area contributed by atoms with Gasteiger partial charge in [-0.25, -0.2) is 0 Å². The molecule has 1 N–H and O–H groups in total. The highest BCUT2D eigenvalue weighted by Crippen LogP contribution is 2.40. The largest absolute Gasteiger partial charge is 0.394 e. The summed E-state index contributed by atoms with van der Waals surface area (Å²) in [6.07, 6.45) is 1.86. The molecule has 1 rings (SSSR count). The van der Waals surface area contributed by atoms with Gasteiger partial charge in [-0.1, -0.05) is 6.92 Å². The van der Waals surface area contributed by atoms with Crippen LogP contribution in [0.2, 0.25) is 0 Å². The molecular weight excluding hydrogens is 142 g/mol. The molecule has 3 heteroatoms. The second kappa shape index (κ2) is 3.21. The zero-order valence-electron chi connectivity index (χ0n) is 6.71. The summed E-state index contributed by atoms with van der Waals surface area (Å²) in [7, 11) is 0. The van der Waals surface area contributed by atoms with Crippen LogP contribution < -0.4 is 0 Å². The van der Waals surface area contributed by atoms with Gasteiger partial charge in [0.25, 0.3) is 0 Å². The van der Waals surface area contributed by atoms with Crippen molar-refractivity contribution in [1.82, 2.24) is 0 Å². The Kier molecular flexibility index (Phi) is 2.48. The molecule has 62 valence electrons. The first-order chi connectivity index (χ1) is 5.25. The van der Waals surface area contributed by atoms with Gasteiger partial charge in [0.1, 0.15) is 0 Å². The third kappa shape index (κ3) is 1.37. The average Bonchev–Trinajstić information content (AvgIpc) is 2.04. The monoisotopic (exact) mass is 155 g/mol. The number of nitrogens with zero attached hydrogens (tertiary/aromatic N) is 1. The Labute approximate surface area is 66.6 Å². The number of rotatable bonds is 3. The summed E-state index contributed by atoms with van der Waals surface area (Å²) in [5, 5.41) is 17.3. The van der Waals surface area contributed by atoms with Crippen LogP contribution in [0.4, 0.5) is 0 Å². The molecule has 0 aliphatic heterocycles. The van der Waals surface area contributed by atoms with E-state index in [2.05, 4.69) is 6.07 Å². The summed E-state index contributed by atoms with van der Waals surface area (Å²) in [6.45, 7) is 2.28. The maximum absolute atomic E-state index is 8.78. The summed E-state index contributed by atoms with van der Waals surface area (Å²) >= 11 is 0. The van der Waals surface area contributed by atoms with Crippen LogP contribution in [0.3, 0.4) is 0 Å². The Morgan fingerprint density at radius 3 is 2.82 bits per heavy atom. The smallest absolute Gasteiger partial charge is 0.156 e. The number of ether oxygens (including phenoxy) is 1. The van der Waals surface area contributed by atoms with Crippen molar-refractivity contribution >= 4 is 0 Å². The lowest BCUT2D eigenvalue weighted by atomic mass is 9.71. The molecule has 11 heavy (non-hydrogen) atoms. The molecule has 0 amide bonds. The van der Waals surface area contributed by atoms with Crippen LogP contribution in [0.15, 0.2) is 0 Å². The van der Waals surface area contributed by atoms with Crippen molar-refractivity contribution in [2.24, 2.45) is 5.92 Å². The van der Waals surface area contributed by atoms with E-state index in [-0.39, 0.29) is 13.2 Å². The quantitative estimate of drug-likeness (QED) is 0.652. The van der Waals surface area contributed by atoms with E-state index in [0.29, 0.717) is 5.92 Å². The second-order valence-corrected chi connectivity index (χ2v) is 3.01. The molecule has 0 radical (unpaired) electrons. The van der Waals surface area contributed by atoms with Gasteiger partial charge in [-0.05, 0) is 18.8 Å². The maximum Gasteiger partial charge on any atom is 0.156 e. The van der Waals surface area contributed by atoms with E-state index in [1.54, 1.807) is 0 Å². The highest BCUT2D eigenvalue weighted by atomic mass is 16.5. The van der Waals surface area contributed by atoms with Gasteiger partial charge < -0.3 is 9.84 Å². The zero-order chi connectivity index (χ0) is 8.32. The number of hydrogen-bond donors (Lipinski definition) is 1. The minimum atomic E-state index is -0.581. The fourth-order valence-electron chi connectivity index (χ4n) is 1.34. The molecule has 2 atom stereocenters. The molecular formula is C8H13NO2. The average molecular weight is 155 g/mol. The van der Waals surface area contributed by atoms with Crippen LogP contribution in [-0.2, 0) is 4.74 Å². The van der Waals surface area contributed by atoms with E-state index in [4.69, 9.17) is 15.1 Å². The van der Waals surface area contributed by atoms with Gasteiger partial charge in [0.15, 0.2) is 5.60 Å². The molecule has 1 aliphatic rings. The Morgan fingerprint density at radius 1 is 1.82 bits per heavy atom. The molecule has 1 saturated carbocycles. The van der Waals surface area contributed by atoms with Crippen LogP contribution in [0.5, 0.6) is 0 Å². The van der Waals surface area contributed by atoms with Gasteiger partial charge in [-0.3, -0.25) is 0 Å². The predicted molar refractivity (Wildman–Crippen MR) is 39.8 cm³/mol. The minimum absolute atomic E-state index is 0.00382. The van der Waals surface area contributed by atoms with E-state index in [1.807, 2.05) is 6.92 Å². The van der Waals surface area contributed by atoms with E-state index in [9.17, 15) is 0 Å². The van der Waals surface area contributed by atoms with Crippen molar-refractivity contribution in [3.8, 4) is 6.07 Å². The van der Waals surface area contributed by atoms with Crippen LogP contribution in [-0.4, -0.2) is 23.9 Å². The molecule has 1 fully saturated rings. The lowest BCUT2D eigenvalue weighted by Crippen LogP contribution is -2.47. The van der Waals surface area contributed by atoms with Crippen molar-refractivity contribution in [3.63, 3.8) is 0 Å². The lowest BCUT2D eigenvalue weighted by molar-refractivity contribution is -0.105. The molecule has 0 aromatic carbocycles. The van der Waals surface area contributed by atoms with Crippen LogP contribution in [0, 0.1) is 17.2 Å². The van der Waals surface area contributed by atoms with E-state index in [1.165, 1.54) is 0 Å². The molecule has 2 unspecified atom stereocenters. The predicted octanol–water partition coefficient (Wildman–Crippen LogP) is 0.688. The van der Waals surface area contributed by atoms with Crippen molar-refractivity contribution < 1.29 is 9.84 Å². The molecule has 0 aromatic rings. The Hall–Kier alpha value is -0.590. The Morgan fingerprint density at radius 2 is 2.55 bits per heavy atom. The van der Waals surface area contributed by atoms with Crippen LogP contribution in [0.25, 0.3) is 0 Å². The summed E-state index contributed by atoms with van der Waals surface area (Å²) in [5.41, 5.74) is -0.581. The van der Waals surface area contributed by atoms with Crippen LogP contribution in [0.1, 0.15) is 19.8 Å². The van der Waals surface area contributed by atoms with E-state index >= 15 is 0 Å². The highest BCUT2D eigenvalue weighted by molar-refractivity contribution is 5.11. The molecule has 0 aromatic heterocycles. The first-order valence-electron chi connectivity index (χ1n) is 3.91. The molecule has 1 aliphatic carbocycles. The SMILES string of the molecule is CC1CCC1(C#N)OCCO. The van der Waals surface area contributed by atoms with Crippen molar-refractivity contribution in [2.75, 3.05) is 13.2 Å². The molecule has 0 bridgehead atoms.